The van der Waals surface area contributed by atoms with Crippen LogP contribution in [0.15, 0.2) is 47.7 Å². The summed E-state index contributed by atoms with van der Waals surface area (Å²) in [7, 11) is 0. The third-order valence-electron chi connectivity index (χ3n) is 1.84. The van der Waals surface area contributed by atoms with Gasteiger partial charge in [0.05, 0.1) is 12.8 Å². The molecule has 0 amide bonds. The van der Waals surface area contributed by atoms with Gasteiger partial charge in [0.25, 0.3) is 0 Å². The van der Waals surface area contributed by atoms with E-state index >= 15 is 0 Å². The van der Waals surface area contributed by atoms with Crippen molar-refractivity contribution in [3.8, 4) is 0 Å². The summed E-state index contributed by atoms with van der Waals surface area (Å²) in [4.78, 5) is 0. The molecule has 1 aliphatic heterocycles. The minimum atomic E-state index is -0.375. The minimum Gasteiger partial charge on any atom is -0.468 e. The minimum absolute atomic E-state index is 0.282. The summed E-state index contributed by atoms with van der Waals surface area (Å²) in [5.74, 6) is 0.241. The fourth-order valence-electron chi connectivity index (χ4n) is 0.973. The first-order valence-corrected chi connectivity index (χ1v) is 3.94. The predicted octanol–water partition coefficient (Wildman–Crippen LogP) is 2.17. The summed E-state index contributed by atoms with van der Waals surface area (Å²) in [6.45, 7) is 5.78. The van der Waals surface area contributed by atoms with Crippen molar-refractivity contribution in [1.82, 2.24) is 0 Å². The summed E-state index contributed by atoms with van der Waals surface area (Å²) in [5, 5.41) is 0. The van der Waals surface area contributed by atoms with E-state index in [1.54, 1.807) is 6.92 Å². The first-order valence-electron chi connectivity index (χ1n) is 3.94. The number of halogens is 1. The van der Waals surface area contributed by atoms with Crippen LogP contribution in [-0.2, 0) is 4.74 Å². The highest BCUT2D eigenvalue weighted by Crippen LogP contribution is 2.19. The number of hydrogen-bond donors (Lipinski definition) is 1. The summed E-state index contributed by atoms with van der Waals surface area (Å²) in [6, 6.07) is 0. The third-order valence-corrected chi connectivity index (χ3v) is 1.84. The fraction of sp³-hybridized carbons (Fsp3) is 0.200. The highest BCUT2D eigenvalue weighted by Gasteiger charge is 2.06. The van der Waals surface area contributed by atoms with Crippen LogP contribution in [0.1, 0.15) is 6.92 Å². The summed E-state index contributed by atoms with van der Waals surface area (Å²) >= 11 is 0. The van der Waals surface area contributed by atoms with Crippen molar-refractivity contribution in [3.63, 3.8) is 0 Å². The topological polar surface area (TPSA) is 35.2 Å². The molecule has 0 spiro atoms. The van der Waals surface area contributed by atoms with E-state index in [9.17, 15) is 4.39 Å². The van der Waals surface area contributed by atoms with Crippen molar-refractivity contribution in [2.75, 3.05) is 6.54 Å². The molecule has 0 fully saturated rings. The van der Waals surface area contributed by atoms with Crippen molar-refractivity contribution in [1.29, 1.82) is 0 Å². The molecule has 70 valence electrons. The van der Waals surface area contributed by atoms with Crippen molar-refractivity contribution < 1.29 is 9.13 Å². The van der Waals surface area contributed by atoms with Gasteiger partial charge in [-0.2, -0.15) is 0 Å². The van der Waals surface area contributed by atoms with Crippen LogP contribution in [0.4, 0.5) is 4.39 Å². The van der Waals surface area contributed by atoms with E-state index in [4.69, 9.17) is 10.5 Å². The lowest BCUT2D eigenvalue weighted by Gasteiger charge is -2.11. The zero-order valence-electron chi connectivity index (χ0n) is 7.51. The molecule has 0 atom stereocenters. The Morgan fingerprint density at radius 3 is 2.92 bits per heavy atom. The van der Waals surface area contributed by atoms with Crippen LogP contribution in [0.25, 0.3) is 0 Å². The van der Waals surface area contributed by atoms with Crippen LogP contribution < -0.4 is 5.73 Å². The molecule has 0 bridgehead atoms. The quantitative estimate of drug-likeness (QED) is 0.672. The molecule has 1 aliphatic rings. The molecule has 0 aliphatic carbocycles. The summed E-state index contributed by atoms with van der Waals surface area (Å²) < 4.78 is 18.0. The Kier molecular flexibility index (Phi) is 3.03. The molecule has 0 saturated heterocycles. The van der Waals surface area contributed by atoms with Gasteiger partial charge in [0.1, 0.15) is 11.6 Å². The van der Waals surface area contributed by atoms with Crippen LogP contribution in [0.5, 0.6) is 0 Å². The second-order valence-corrected chi connectivity index (χ2v) is 2.73. The van der Waals surface area contributed by atoms with E-state index in [0.717, 1.165) is 5.57 Å². The molecule has 3 heteroatoms. The highest BCUT2D eigenvalue weighted by molar-refractivity contribution is 5.41. The molecule has 2 N–H and O–H groups in total. The van der Waals surface area contributed by atoms with Crippen LogP contribution in [0.2, 0.25) is 0 Å². The standard InChI is InChI=1S/C10H12FNO/c1-7-5-9(11)3-4-13-10(6-12)8(7)2/h3-5H,1,6,12H2,2H3/b4-3-,9-5+,10-8-. The Hall–Kier alpha value is -1.35. The molecule has 0 radical (unpaired) electrons. The zero-order chi connectivity index (χ0) is 9.84. The zero-order valence-corrected chi connectivity index (χ0v) is 7.51. The monoisotopic (exact) mass is 181 g/mol. The number of rotatable bonds is 1. The molecule has 0 unspecified atom stereocenters. The fourth-order valence-corrected chi connectivity index (χ4v) is 0.973. The van der Waals surface area contributed by atoms with E-state index in [1.807, 2.05) is 0 Å². The number of nitrogens with two attached hydrogens (primary N) is 1. The van der Waals surface area contributed by atoms with Gasteiger partial charge in [-0.25, -0.2) is 4.39 Å². The second kappa shape index (κ2) is 4.05. The van der Waals surface area contributed by atoms with Gasteiger partial charge in [-0.15, -0.1) is 0 Å². The summed E-state index contributed by atoms with van der Waals surface area (Å²) in [5.41, 5.74) is 6.80. The SMILES string of the molecule is C=C1/C=C(F)\C=C/O/C(CN)=C\1C. The maximum Gasteiger partial charge on any atom is 0.126 e. The van der Waals surface area contributed by atoms with Crippen LogP contribution in [0, 0.1) is 0 Å². The van der Waals surface area contributed by atoms with Gasteiger partial charge in [0.2, 0.25) is 0 Å². The van der Waals surface area contributed by atoms with Gasteiger partial charge in [-0.3, -0.25) is 0 Å². The van der Waals surface area contributed by atoms with Crippen molar-refractivity contribution in [2.24, 2.45) is 5.73 Å². The van der Waals surface area contributed by atoms with Gasteiger partial charge in [-0.05, 0) is 24.1 Å². The molecule has 0 aromatic heterocycles. The van der Waals surface area contributed by atoms with Gasteiger partial charge >= 0.3 is 0 Å². The van der Waals surface area contributed by atoms with Gasteiger partial charge in [0, 0.05) is 6.08 Å². The average molecular weight is 181 g/mol. The van der Waals surface area contributed by atoms with E-state index in [2.05, 4.69) is 6.58 Å². The molecule has 0 aromatic carbocycles. The first-order chi connectivity index (χ1) is 6.15. The average Bonchev–Trinajstić information content (AvgIpc) is 2.09. The molecular formula is C10H12FNO. The largest absolute Gasteiger partial charge is 0.468 e. The lowest BCUT2D eigenvalue weighted by atomic mass is 10.1. The lowest BCUT2D eigenvalue weighted by molar-refractivity contribution is 0.338. The van der Waals surface area contributed by atoms with Gasteiger partial charge < -0.3 is 10.5 Å². The number of ether oxygens (including phenoxy) is 1. The maximum absolute atomic E-state index is 12.9. The van der Waals surface area contributed by atoms with E-state index in [0.29, 0.717) is 11.3 Å². The van der Waals surface area contributed by atoms with Crippen molar-refractivity contribution in [3.05, 3.63) is 47.7 Å². The van der Waals surface area contributed by atoms with Gasteiger partial charge in [0.15, 0.2) is 0 Å². The Bertz CT molecular complexity index is 313. The molecule has 13 heavy (non-hydrogen) atoms. The molecular weight excluding hydrogens is 169 g/mol. The van der Waals surface area contributed by atoms with Crippen LogP contribution >= 0.6 is 0 Å². The number of allylic oxidation sites excluding steroid dienone is 5. The van der Waals surface area contributed by atoms with E-state index < -0.39 is 0 Å². The Morgan fingerprint density at radius 2 is 2.31 bits per heavy atom. The maximum atomic E-state index is 12.9. The smallest absolute Gasteiger partial charge is 0.126 e. The first kappa shape index (κ1) is 9.74. The van der Waals surface area contributed by atoms with E-state index in [1.165, 1.54) is 18.4 Å². The molecule has 0 saturated carbocycles. The molecule has 1 heterocycles. The Balaban J connectivity index is 3.07. The molecule has 0 aromatic rings. The highest BCUT2D eigenvalue weighted by atomic mass is 19.1. The predicted molar refractivity (Wildman–Crippen MR) is 50.3 cm³/mol. The lowest BCUT2D eigenvalue weighted by Crippen LogP contribution is -2.08. The second-order valence-electron chi connectivity index (χ2n) is 2.73. The Labute approximate surface area is 76.9 Å². The van der Waals surface area contributed by atoms with E-state index in [-0.39, 0.29) is 12.4 Å². The van der Waals surface area contributed by atoms with Gasteiger partial charge in [-0.1, -0.05) is 6.58 Å². The van der Waals surface area contributed by atoms with Crippen LogP contribution in [-0.4, -0.2) is 6.54 Å². The van der Waals surface area contributed by atoms with Crippen molar-refractivity contribution >= 4 is 0 Å². The Morgan fingerprint density at radius 1 is 1.62 bits per heavy atom. The summed E-state index contributed by atoms with van der Waals surface area (Å²) in [6.07, 6.45) is 3.86. The van der Waals surface area contributed by atoms with Crippen molar-refractivity contribution in [2.45, 2.75) is 6.92 Å². The normalized spacial score (nSPS) is 29.8. The van der Waals surface area contributed by atoms with Crippen LogP contribution in [0.3, 0.4) is 0 Å². The molecule has 1 rings (SSSR count). The molecule has 2 nitrogen and oxygen atoms in total. The number of hydrogen-bond acceptors (Lipinski definition) is 2. The third kappa shape index (κ3) is 2.29.